The maximum atomic E-state index is 12.8. The molecule has 1 aromatic heterocycles. The van der Waals surface area contributed by atoms with Gasteiger partial charge in [0.25, 0.3) is 0 Å². The molecule has 1 atom stereocenters. The first-order valence-corrected chi connectivity index (χ1v) is 4.66. The van der Waals surface area contributed by atoms with Crippen molar-refractivity contribution in [3.05, 3.63) is 24.3 Å². The molecule has 3 nitrogen and oxygen atoms in total. The zero-order chi connectivity index (χ0) is 10.1. The summed E-state index contributed by atoms with van der Waals surface area (Å²) in [5, 5.41) is -0.182. The topological polar surface area (TPSA) is 33.2 Å². The maximum Gasteiger partial charge on any atom is 0.228 e. The van der Waals surface area contributed by atoms with E-state index in [-0.39, 0.29) is 11.3 Å². The number of carbonyl (C=O) groups excluding carboxylic acids is 1. The van der Waals surface area contributed by atoms with E-state index < -0.39 is 5.95 Å². The van der Waals surface area contributed by atoms with Crippen LogP contribution in [0.3, 0.4) is 0 Å². The van der Waals surface area contributed by atoms with E-state index >= 15 is 0 Å². The summed E-state index contributed by atoms with van der Waals surface area (Å²) < 4.78 is 12.8. The molecule has 0 radical (unpaired) electrons. The van der Waals surface area contributed by atoms with Gasteiger partial charge in [0.2, 0.25) is 11.9 Å². The summed E-state index contributed by atoms with van der Waals surface area (Å²) >= 11 is 5.82. The predicted molar refractivity (Wildman–Crippen MR) is 50.8 cm³/mol. The number of nitrogens with zero attached hydrogens (tertiary/aromatic N) is 2. The molecule has 1 aliphatic heterocycles. The van der Waals surface area contributed by atoms with E-state index in [9.17, 15) is 9.18 Å². The van der Waals surface area contributed by atoms with Crippen molar-refractivity contribution in [1.82, 2.24) is 4.98 Å². The minimum atomic E-state index is -0.590. The number of aromatic nitrogens is 1. The fraction of sp³-hybridized carbons (Fsp3) is 0.333. The molecule has 2 heterocycles. The molecular weight excluding hydrogens is 207 g/mol. The number of hydrogen-bond donors (Lipinski definition) is 0. The maximum absolute atomic E-state index is 12.8. The number of alkyl halides is 1. The monoisotopic (exact) mass is 214 g/mol. The molecule has 1 saturated heterocycles. The van der Waals surface area contributed by atoms with Crippen LogP contribution in [0.5, 0.6) is 0 Å². The molecule has 0 spiro atoms. The first kappa shape index (κ1) is 9.40. The van der Waals surface area contributed by atoms with Gasteiger partial charge in [-0.05, 0) is 6.07 Å². The van der Waals surface area contributed by atoms with Crippen molar-refractivity contribution in [2.75, 3.05) is 11.4 Å². The highest BCUT2D eigenvalue weighted by Crippen LogP contribution is 2.23. The second kappa shape index (κ2) is 3.53. The summed E-state index contributed by atoms with van der Waals surface area (Å²) in [5.41, 5.74) is 0.519. The third-order valence-corrected chi connectivity index (χ3v) is 2.39. The number of rotatable bonds is 1. The Morgan fingerprint density at radius 3 is 3.00 bits per heavy atom. The van der Waals surface area contributed by atoms with Crippen LogP contribution in [0.1, 0.15) is 6.42 Å². The van der Waals surface area contributed by atoms with Crippen LogP contribution < -0.4 is 4.90 Å². The fourth-order valence-corrected chi connectivity index (χ4v) is 1.74. The number of hydrogen-bond acceptors (Lipinski definition) is 2. The van der Waals surface area contributed by atoms with Gasteiger partial charge in [-0.3, -0.25) is 4.79 Å². The van der Waals surface area contributed by atoms with Gasteiger partial charge in [0, 0.05) is 30.9 Å². The molecule has 0 bridgehead atoms. The van der Waals surface area contributed by atoms with Crippen LogP contribution in [-0.2, 0) is 4.79 Å². The van der Waals surface area contributed by atoms with Crippen LogP contribution in [-0.4, -0.2) is 22.8 Å². The molecule has 0 N–H and O–H groups in total. The third kappa shape index (κ3) is 1.70. The fourth-order valence-electron chi connectivity index (χ4n) is 1.47. The van der Waals surface area contributed by atoms with E-state index in [0.29, 0.717) is 18.7 Å². The number of amides is 1. The molecule has 2 rings (SSSR count). The van der Waals surface area contributed by atoms with Crippen LogP contribution >= 0.6 is 11.6 Å². The van der Waals surface area contributed by atoms with Crippen molar-refractivity contribution in [2.24, 2.45) is 0 Å². The Hall–Kier alpha value is -1.16. The highest BCUT2D eigenvalue weighted by molar-refractivity contribution is 6.24. The van der Waals surface area contributed by atoms with Crippen molar-refractivity contribution in [3.63, 3.8) is 0 Å². The average molecular weight is 215 g/mol. The molecule has 0 saturated carbocycles. The van der Waals surface area contributed by atoms with Gasteiger partial charge in [0.05, 0.1) is 5.38 Å². The number of anilines is 1. The minimum Gasteiger partial charge on any atom is -0.311 e. The van der Waals surface area contributed by atoms with E-state index in [2.05, 4.69) is 4.98 Å². The second-order valence-corrected chi connectivity index (χ2v) is 3.76. The van der Waals surface area contributed by atoms with Crippen LogP contribution in [0.4, 0.5) is 10.1 Å². The number of pyridine rings is 1. The van der Waals surface area contributed by atoms with Gasteiger partial charge in [-0.25, -0.2) is 4.98 Å². The molecule has 0 aromatic carbocycles. The van der Waals surface area contributed by atoms with Gasteiger partial charge >= 0.3 is 0 Å². The predicted octanol–water partition coefficient (Wildman–Crippen LogP) is 1.56. The molecule has 1 fully saturated rings. The highest BCUT2D eigenvalue weighted by Gasteiger charge is 2.29. The summed E-state index contributed by atoms with van der Waals surface area (Å²) in [6.07, 6.45) is 1.64. The summed E-state index contributed by atoms with van der Waals surface area (Å²) in [6, 6.07) is 2.82. The SMILES string of the molecule is O=C1CC(Cl)CN1c1ccnc(F)c1. The van der Waals surface area contributed by atoms with Gasteiger partial charge in [-0.15, -0.1) is 11.6 Å². The van der Waals surface area contributed by atoms with E-state index in [4.69, 9.17) is 11.6 Å². The third-order valence-electron chi connectivity index (χ3n) is 2.10. The zero-order valence-electron chi connectivity index (χ0n) is 7.28. The normalized spacial score (nSPS) is 21.7. The van der Waals surface area contributed by atoms with Gasteiger partial charge in [-0.2, -0.15) is 4.39 Å². The van der Waals surface area contributed by atoms with E-state index in [0.717, 1.165) is 0 Å². The summed E-state index contributed by atoms with van der Waals surface area (Å²) in [5.74, 6) is -0.663. The van der Waals surface area contributed by atoms with Crippen molar-refractivity contribution < 1.29 is 9.18 Å². The number of carbonyl (C=O) groups is 1. The van der Waals surface area contributed by atoms with Gasteiger partial charge in [-0.1, -0.05) is 0 Å². The van der Waals surface area contributed by atoms with Crippen molar-refractivity contribution in [2.45, 2.75) is 11.8 Å². The van der Waals surface area contributed by atoms with Crippen LogP contribution in [0.2, 0.25) is 0 Å². The molecule has 14 heavy (non-hydrogen) atoms. The van der Waals surface area contributed by atoms with Crippen LogP contribution in [0, 0.1) is 5.95 Å². The molecular formula is C9H8ClFN2O. The second-order valence-electron chi connectivity index (χ2n) is 3.14. The largest absolute Gasteiger partial charge is 0.311 e. The quantitative estimate of drug-likeness (QED) is 0.525. The van der Waals surface area contributed by atoms with Crippen molar-refractivity contribution in [1.29, 1.82) is 0 Å². The Labute approximate surface area is 85.5 Å². The molecule has 0 aliphatic carbocycles. The lowest BCUT2D eigenvalue weighted by Gasteiger charge is -2.14. The molecule has 1 aromatic rings. The Bertz CT molecular complexity index is 372. The number of halogens is 2. The zero-order valence-corrected chi connectivity index (χ0v) is 8.04. The Balaban J connectivity index is 2.27. The molecule has 1 aliphatic rings. The Morgan fingerprint density at radius 2 is 2.43 bits per heavy atom. The lowest BCUT2D eigenvalue weighted by atomic mass is 10.3. The lowest BCUT2D eigenvalue weighted by Crippen LogP contribution is -2.24. The Morgan fingerprint density at radius 1 is 1.64 bits per heavy atom. The first-order chi connectivity index (χ1) is 6.66. The van der Waals surface area contributed by atoms with Crippen molar-refractivity contribution in [3.8, 4) is 0 Å². The summed E-state index contributed by atoms with van der Waals surface area (Å²) in [6.45, 7) is 0.434. The smallest absolute Gasteiger partial charge is 0.228 e. The molecule has 1 unspecified atom stereocenters. The first-order valence-electron chi connectivity index (χ1n) is 4.23. The summed E-state index contributed by atoms with van der Waals surface area (Å²) in [4.78, 5) is 16.3. The van der Waals surface area contributed by atoms with Crippen molar-refractivity contribution >= 4 is 23.2 Å². The minimum absolute atomic E-state index is 0.0735. The molecule has 5 heteroatoms. The molecule has 74 valence electrons. The van der Waals surface area contributed by atoms with Gasteiger partial charge in [0.1, 0.15) is 0 Å². The van der Waals surface area contributed by atoms with Crippen LogP contribution in [0.15, 0.2) is 18.3 Å². The average Bonchev–Trinajstić information content (AvgIpc) is 2.45. The van der Waals surface area contributed by atoms with Gasteiger partial charge in [0.15, 0.2) is 0 Å². The lowest BCUT2D eigenvalue weighted by molar-refractivity contribution is -0.117. The highest BCUT2D eigenvalue weighted by atomic mass is 35.5. The van der Waals surface area contributed by atoms with E-state index in [1.165, 1.54) is 17.2 Å². The standard InChI is InChI=1S/C9H8ClFN2O/c10-6-3-9(14)13(5-6)7-1-2-12-8(11)4-7/h1-2,4,6H,3,5H2. The Kier molecular flexibility index (Phi) is 2.37. The van der Waals surface area contributed by atoms with Crippen LogP contribution in [0.25, 0.3) is 0 Å². The summed E-state index contributed by atoms with van der Waals surface area (Å²) in [7, 11) is 0. The van der Waals surface area contributed by atoms with E-state index in [1.807, 2.05) is 0 Å². The van der Waals surface area contributed by atoms with E-state index in [1.54, 1.807) is 6.07 Å². The molecule has 1 amide bonds. The van der Waals surface area contributed by atoms with Gasteiger partial charge < -0.3 is 4.90 Å².